The van der Waals surface area contributed by atoms with Crippen LogP contribution in [0.25, 0.3) is 6.08 Å². The zero-order chi connectivity index (χ0) is 17.8. The lowest BCUT2D eigenvalue weighted by Gasteiger charge is -2.08. The summed E-state index contributed by atoms with van der Waals surface area (Å²) >= 11 is 9.09. The van der Waals surface area contributed by atoms with Crippen LogP contribution in [0.2, 0.25) is 5.02 Å². The molecule has 0 bridgehead atoms. The van der Waals surface area contributed by atoms with Crippen molar-refractivity contribution in [3.63, 3.8) is 0 Å². The molecule has 1 heterocycles. The van der Waals surface area contributed by atoms with Gasteiger partial charge in [0, 0.05) is 20.4 Å². The molecule has 0 unspecified atom stereocenters. The van der Waals surface area contributed by atoms with Gasteiger partial charge in [-0.3, -0.25) is 4.79 Å². The van der Waals surface area contributed by atoms with E-state index in [1.165, 1.54) is 22.9 Å². The van der Waals surface area contributed by atoms with Crippen LogP contribution in [0.1, 0.15) is 26.4 Å². The highest BCUT2D eigenvalue weighted by Gasteiger charge is 2.15. The molecular weight excluding hydrogens is 368 g/mol. The Morgan fingerprint density at radius 1 is 1.00 bits per heavy atom. The molecule has 1 aromatic heterocycles. The van der Waals surface area contributed by atoms with Gasteiger partial charge in [0.05, 0.1) is 4.91 Å². The molecule has 4 heteroatoms. The second-order valence-electron chi connectivity index (χ2n) is 5.73. The number of aryl methyl sites for hydroxylation is 2. The van der Waals surface area contributed by atoms with Gasteiger partial charge in [-0.25, -0.2) is 0 Å². The largest absolute Gasteiger partial charge is 0.288 e. The fraction of sp³-hybridized carbons (Fsp3) is 0.0952. The van der Waals surface area contributed by atoms with Gasteiger partial charge >= 0.3 is 0 Å². The maximum Gasteiger partial charge on any atom is 0.199 e. The number of hydrogen-bond acceptors (Lipinski definition) is 3. The number of hydrogen-bond donors (Lipinski definition) is 0. The molecule has 0 fully saturated rings. The van der Waals surface area contributed by atoms with Gasteiger partial charge in [-0.1, -0.05) is 41.1 Å². The number of Topliss-reactive ketones (excluding diaryl/α,β-unsaturated/α-hetero) is 1. The van der Waals surface area contributed by atoms with Crippen LogP contribution < -0.4 is 0 Å². The first-order chi connectivity index (χ1) is 12.0. The third-order valence-corrected chi connectivity index (χ3v) is 5.99. The van der Waals surface area contributed by atoms with Gasteiger partial charge in [0.2, 0.25) is 0 Å². The van der Waals surface area contributed by atoms with E-state index in [1.807, 2.05) is 23.6 Å². The molecule has 0 aliphatic heterocycles. The minimum atomic E-state index is 0.00930. The molecule has 0 N–H and O–H groups in total. The van der Waals surface area contributed by atoms with Gasteiger partial charge in [-0.15, -0.1) is 11.3 Å². The Balaban J connectivity index is 1.97. The van der Waals surface area contributed by atoms with E-state index >= 15 is 0 Å². The highest BCUT2D eigenvalue weighted by Crippen LogP contribution is 2.33. The highest BCUT2D eigenvalue weighted by molar-refractivity contribution is 8.04. The second kappa shape index (κ2) is 8.05. The first-order valence-corrected chi connectivity index (χ1v) is 9.91. The zero-order valence-corrected chi connectivity index (χ0v) is 16.3. The molecule has 3 rings (SSSR count). The summed E-state index contributed by atoms with van der Waals surface area (Å²) < 4.78 is 0. The van der Waals surface area contributed by atoms with Crippen molar-refractivity contribution < 1.29 is 4.79 Å². The van der Waals surface area contributed by atoms with Crippen molar-refractivity contribution in [3.05, 3.63) is 91.5 Å². The third kappa shape index (κ3) is 4.63. The Labute approximate surface area is 161 Å². The number of allylic oxidation sites excluding steroid dienone is 1. The third-order valence-electron chi connectivity index (χ3n) is 3.74. The number of benzene rings is 2. The van der Waals surface area contributed by atoms with Crippen LogP contribution in [0.3, 0.4) is 0 Å². The molecule has 1 nitrogen and oxygen atoms in total. The van der Waals surface area contributed by atoms with E-state index in [9.17, 15) is 4.79 Å². The summed E-state index contributed by atoms with van der Waals surface area (Å²) in [6, 6.07) is 17.3. The average Bonchev–Trinajstić information content (AvgIpc) is 3.01. The molecule has 0 radical (unpaired) electrons. The number of ketones is 1. The van der Waals surface area contributed by atoms with Crippen molar-refractivity contribution >= 4 is 46.6 Å². The summed E-state index contributed by atoms with van der Waals surface area (Å²) in [6.07, 6.45) is 1.99. The summed E-state index contributed by atoms with van der Waals surface area (Å²) in [6.45, 7) is 4.11. The molecule has 0 saturated heterocycles. The quantitative estimate of drug-likeness (QED) is 0.266. The van der Waals surface area contributed by atoms with Gasteiger partial charge in [0.25, 0.3) is 0 Å². The molecule has 2 aromatic carbocycles. The Morgan fingerprint density at radius 2 is 1.68 bits per heavy atom. The molecule has 0 aliphatic rings. The SMILES string of the molecule is Cc1ccc(S/C(=C/c2sccc2C)C(=O)c2ccc(Cl)cc2)cc1. The number of rotatable bonds is 5. The lowest BCUT2D eigenvalue weighted by atomic mass is 10.1. The number of halogens is 1. The number of thiophene rings is 1. The van der Waals surface area contributed by atoms with Crippen molar-refractivity contribution in [1.82, 2.24) is 0 Å². The van der Waals surface area contributed by atoms with E-state index in [0.717, 1.165) is 9.77 Å². The Morgan fingerprint density at radius 3 is 2.28 bits per heavy atom. The minimum absolute atomic E-state index is 0.00930. The van der Waals surface area contributed by atoms with Crippen LogP contribution >= 0.6 is 34.7 Å². The first kappa shape index (κ1) is 18.0. The average molecular weight is 385 g/mol. The summed E-state index contributed by atoms with van der Waals surface area (Å²) in [5.41, 5.74) is 3.02. The topological polar surface area (TPSA) is 17.1 Å². The summed E-state index contributed by atoms with van der Waals surface area (Å²) in [7, 11) is 0. The van der Waals surface area contributed by atoms with Crippen molar-refractivity contribution in [2.45, 2.75) is 18.7 Å². The fourth-order valence-corrected chi connectivity index (χ4v) is 4.24. The number of carbonyl (C=O) groups excluding carboxylic acids is 1. The van der Waals surface area contributed by atoms with Crippen molar-refractivity contribution in [3.8, 4) is 0 Å². The lowest BCUT2D eigenvalue weighted by molar-refractivity contribution is 0.104. The van der Waals surface area contributed by atoms with Gasteiger partial charge in [-0.2, -0.15) is 0 Å². The van der Waals surface area contributed by atoms with E-state index < -0.39 is 0 Å². The van der Waals surface area contributed by atoms with Crippen LogP contribution in [-0.4, -0.2) is 5.78 Å². The van der Waals surface area contributed by atoms with Crippen molar-refractivity contribution in [2.24, 2.45) is 0 Å². The lowest BCUT2D eigenvalue weighted by Crippen LogP contribution is -2.00. The number of carbonyl (C=O) groups is 1. The van der Waals surface area contributed by atoms with E-state index in [2.05, 4.69) is 32.0 Å². The first-order valence-electron chi connectivity index (χ1n) is 7.83. The zero-order valence-electron chi connectivity index (χ0n) is 14.0. The van der Waals surface area contributed by atoms with Crippen LogP contribution in [-0.2, 0) is 0 Å². The molecule has 0 atom stereocenters. The van der Waals surface area contributed by atoms with Crippen molar-refractivity contribution in [2.75, 3.05) is 0 Å². The molecule has 0 amide bonds. The van der Waals surface area contributed by atoms with Crippen LogP contribution in [0, 0.1) is 13.8 Å². The fourth-order valence-electron chi connectivity index (χ4n) is 2.27. The normalized spacial score (nSPS) is 11.6. The van der Waals surface area contributed by atoms with Gasteiger partial charge in [0.15, 0.2) is 5.78 Å². The molecule has 3 aromatic rings. The molecular formula is C21H17ClOS2. The highest BCUT2D eigenvalue weighted by atomic mass is 35.5. The van der Waals surface area contributed by atoms with E-state index in [4.69, 9.17) is 11.6 Å². The van der Waals surface area contributed by atoms with E-state index in [-0.39, 0.29) is 5.78 Å². The van der Waals surface area contributed by atoms with E-state index in [0.29, 0.717) is 15.5 Å². The Kier molecular flexibility index (Phi) is 5.79. The molecule has 25 heavy (non-hydrogen) atoms. The second-order valence-corrected chi connectivity index (χ2v) is 8.23. The monoisotopic (exact) mass is 384 g/mol. The standard InChI is InChI=1S/C21H17ClOS2/c1-14-3-9-18(10-4-14)25-20(13-19-15(2)11-12-24-19)21(23)16-5-7-17(22)8-6-16/h3-13H,1-2H3/b20-13+. The maximum absolute atomic E-state index is 13.0. The maximum atomic E-state index is 13.0. The van der Waals surface area contributed by atoms with Gasteiger partial charge in [0.1, 0.15) is 0 Å². The van der Waals surface area contributed by atoms with Crippen molar-refractivity contribution in [1.29, 1.82) is 0 Å². The molecule has 0 spiro atoms. The summed E-state index contributed by atoms with van der Waals surface area (Å²) in [5, 5.41) is 2.67. The van der Waals surface area contributed by atoms with Crippen LogP contribution in [0.15, 0.2) is 69.8 Å². The van der Waals surface area contributed by atoms with E-state index in [1.54, 1.807) is 35.6 Å². The molecule has 0 aliphatic carbocycles. The predicted molar refractivity (Wildman–Crippen MR) is 110 cm³/mol. The van der Waals surface area contributed by atoms with Gasteiger partial charge in [-0.05, 0) is 73.3 Å². The Bertz CT molecular complexity index is 906. The molecule has 0 saturated carbocycles. The van der Waals surface area contributed by atoms with Crippen LogP contribution in [0.5, 0.6) is 0 Å². The number of thioether (sulfide) groups is 1. The van der Waals surface area contributed by atoms with Crippen LogP contribution in [0.4, 0.5) is 0 Å². The summed E-state index contributed by atoms with van der Waals surface area (Å²) in [5.74, 6) is 0.00930. The van der Waals surface area contributed by atoms with Gasteiger partial charge < -0.3 is 0 Å². The molecule has 126 valence electrons. The summed E-state index contributed by atoms with van der Waals surface area (Å²) in [4.78, 5) is 15.9. The smallest absolute Gasteiger partial charge is 0.199 e. The predicted octanol–water partition coefficient (Wildman–Crippen LogP) is 7.03. The minimum Gasteiger partial charge on any atom is -0.288 e. The Hall–Kier alpha value is -1.81.